The summed E-state index contributed by atoms with van der Waals surface area (Å²) in [5, 5.41) is 12.4. The molecule has 0 spiro atoms. The van der Waals surface area contributed by atoms with Gasteiger partial charge in [0.1, 0.15) is 0 Å². The number of nitrogens with zero attached hydrogens (tertiary/aromatic N) is 3. The van der Waals surface area contributed by atoms with Crippen molar-refractivity contribution in [3.05, 3.63) is 68.2 Å². The van der Waals surface area contributed by atoms with E-state index < -0.39 is 0 Å². The molecule has 0 atom stereocenters. The molecule has 1 fully saturated rings. The molecule has 2 aromatic rings. The van der Waals surface area contributed by atoms with Gasteiger partial charge in [-0.05, 0) is 30.3 Å². The largest absolute Gasteiger partial charge is 0.369 e. The highest BCUT2D eigenvalue weighted by Crippen LogP contribution is 2.25. The Hall–Kier alpha value is -1.82. The van der Waals surface area contributed by atoms with Gasteiger partial charge in [0.15, 0.2) is 0 Å². The average molecular weight is 366 g/mol. The van der Waals surface area contributed by atoms with Crippen molar-refractivity contribution in [1.29, 1.82) is 0 Å². The maximum Gasteiger partial charge on any atom is 0.273 e. The Bertz CT molecular complexity index is 746. The van der Waals surface area contributed by atoms with E-state index in [4.69, 9.17) is 23.2 Å². The molecule has 0 saturated carbocycles. The second-order valence-electron chi connectivity index (χ2n) is 5.77. The Morgan fingerprint density at radius 2 is 1.71 bits per heavy atom. The van der Waals surface area contributed by atoms with Crippen molar-refractivity contribution in [2.75, 3.05) is 31.1 Å². The summed E-state index contributed by atoms with van der Waals surface area (Å²) in [6.07, 6.45) is 0. The molecule has 5 nitrogen and oxygen atoms in total. The fraction of sp³-hybridized carbons (Fsp3) is 0.294. The van der Waals surface area contributed by atoms with Gasteiger partial charge in [-0.2, -0.15) is 0 Å². The van der Waals surface area contributed by atoms with Crippen molar-refractivity contribution in [2.24, 2.45) is 0 Å². The van der Waals surface area contributed by atoms with Gasteiger partial charge in [0.2, 0.25) is 0 Å². The lowest BCUT2D eigenvalue weighted by Crippen LogP contribution is -2.46. The number of benzene rings is 2. The minimum Gasteiger partial charge on any atom is -0.369 e. The van der Waals surface area contributed by atoms with Crippen molar-refractivity contribution < 1.29 is 4.92 Å². The normalized spacial score (nSPS) is 15.5. The lowest BCUT2D eigenvalue weighted by Gasteiger charge is -2.36. The summed E-state index contributed by atoms with van der Waals surface area (Å²) >= 11 is 12.0. The molecule has 0 aromatic heterocycles. The van der Waals surface area contributed by atoms with Gasteiger partial charge < -0.3 is 4.90 Å². The molecular weight excluding hydrogens is 349 g/mol. The van der Waals surface area contributed by atoms with Crippen molar-refractivity contribution in [1.82, 2.24) is 4.90 Å². The Morgan fingerprint density at radius 3 is 2.38 bits per heavy atom. The summed E-state index contributed by atoms with van der Waals surface area (Å²) in [7, 11) is 0. The first-order valence-corrected chi connectivity index (χ1v) is 8.44. The SMILES string of the molecule is O=[N+]([O-])c1ccc(Cl)cc1CN1CCN(c2cccc(Cl)c2)CC1. The molecule has 3 rings (SSSR count). The van der Waals surface area contributed by atoms with E-state index in [-0.39, 0.29) is 10.6 Å². The van der Waals surface area contributed by atoms with Crippen LogP contribution in [0.4, 0.5) is 11.4 Å². The third kappa shape index (κ3) is 3.98. The number of rotatable bonds is 4. The van der Waals surface area contributed by atoms with Gasteiger partial charge >= 0.3 is 0 Å². The molecule has 1 aliphatic rings. The van der Waals surface area contributed by atoms with Gasteiger partial charge in [-0.3, -0.25) is 15.0 Å². The first kappa shape index (κ1) is 17.0. The van der Waals surface area contributed by atoms with Gasteiger partial charge in [0.25, 0.3) is 5.69 Å². The van der Waals surface area contributed by atoms with Gasteiger partial charge in [0.05, 0.1) is 4.92 Å². The van der Waals surface area contributed by atoms with Crippen LogP contribution in [-0.2, 0) is 6.54 Å². The molecule has 0 bridgehead atoms. The predicted molar refractivity (Wildman–Crippen MR) is 97.0 cm³/mol. The van der Waals surface area contributed by atoms with Gasteiger partial charge in [-0.15, -0.1) is 0 Å². The second kappa shape index (κ2) is 7.38. The molecule has 126 valence electrons. The summed E-state index contributed by atoms with van der Waals surface area (Å²) in [6.45, 7) is 3.90. The van der Waals surface area contributed by atoms with Crippen LogP contribution in [0, 0.1) is 10.1 Å². The molecular formula is C17H17Cl2N3O2. The Morgan fingerprint density at radius 1 is 1.00 bits per heavy atom. The molecule has 0 radical (unpaired) electrons. The molecule has 1 aliphatic heterocycles. The van der Waals surface area contributed by atoms with Crippen LogP contribution in [0.3, 0.4) is 0 Å². The van der Waals surface area contributed by atoms with E-state index in [1.807, 2.05) is 24.3 Å². The van der Waals surface area contributed by atoms with Crippen LogP contribution in [0.2, 0.25) is 10.0 Å². The zero-order valence-corrected chi connectivity index (χ0v) is 14.5. The van der Waals surface area contributed by atoms with E-state index >= 15 is 0 Å². The van der Waals surface area contributed by atoms with Crippen molar-refractivity contribution >= 4 is 34.6 Å². The lowest BCUT2D eigenvalue weighted by atomic mass is 10.1. The molecule has 24 heavy (non-hydrogen) atoms. The highest BCUT2D eigenvalue weighted by Gasteiger charge is 2.21. The summed E-state index contributed by atoms with van der Waals surface area (Å²) in [4.78, 5) is 15.3. The van der Waals surface area contributed by atoms with E-state index in [1.165, 1.54) is 6.07 Å². The quantitative estimate of drug-likeness (QED) is 0.600. The monoisotopic (exact) mass is 365 g/mol. The van der Waals surface area contributed by atoms with Crippen LogP contribution in [0.5, 0.6) is 0 Å². The summed E-state index contributed by atoms with van der Waals surface area (Å²) in [5.41, 5.74) is 1.89. The summed E-state index contributed by atoms with van der Waals surface area (Å²) < 4.78 is 0. The molecule has 0 amide bonds. The maximum absolute atomic E-state index is 11.2. The minimum absolute atomic E-state index is 0.122. The summed E-state index contributed by atoms with van der Waals surface area (Å²) in [5.74, 6) is 0. The number of anilines is 1. The number of hydrogen-bond acceptors (Lipinski definition) is 4. The fourth-order valence-electron chi connectivity index (χ4n) is 2.94. The molecule has 0 N–H and O–H groups in total. The van der Waals surface area contributed by atoms with E-state index in [0.29, 0.717) is 17.1 Å². The standard InChI is InChI=1S/C17H17Cl2N3O2/c18-14-2-1-3-16(11-14)21-8-6-20(7-9-21)12-13-10-15(19)4-5-17(13)22(23)24/h1-5,10-11H,6-9,12H2. The van der Waals surface area contributed by atoms with Crippen LogP contribution in [0.15, 0.2) is 42.5 Å². The van der Waals surface area contributed by atoms with Crippen LogP contribution < -0.4 is 4.90 Å². The van der Waals surface area contributed by atoms with E-state index in [9.17, 15) is 10.1 Å². The van der Waals surface area contributed by atoms with Gasteiger partial charge in [-0.25, -0.2) is 0 Å². The molecule has 0 aliphatic carbocycles. The third-order valence-electron chi connectivity index (χ3n) is 4.18. The van der Waals surface area contributed by atoms with E-state index in [2.05, 4.69) is 9.80 Å². The highest BCUT2D eigenvalue weighted by molar-refractivity contribution is 6.31. The van der Waals surface area contributed by atoms with Crippen LogP contribution in [-0.4, -0.2) is 36.0 Å². The summed E-state index contributed by atoms with van der Waals surface area (Å²) in [6, 6.07) is 12.5. The minimum atomic E-state index is -0.353. The van der Waals surface area contributed by atoms with Crippen LogP contribution >= 0.6 is 23.2 Å². The van der Waals surface area contributed by atoms with Gasteiger partial charge in [-0.1, -0.05) is 29.3 Å². The molecule has 7 heteroatoms. The lowest BCUT2D eigenvalue weighted by molar-refractivity contribution is -0.385. The molecule has 1 heterocycles. The van der Waals surface area contributed by atoms with Crippen LogP contribution in [0.1, 0.15) is 5.56 Å². The first-order chi connectivity index (χ1) is 11.5. The topological polar surface area (TPSA) is 49.6 Å². The number of hydrogen-bond donors (Lipinski definition) is 0. The van der Waals surface area contributed by atoms with Crippen molar-refractivity contribution in [3.63, 3.8) is 0 Å². The highest BCUT2D eigenvalue weighted by atomic mass is 35.5. The Labute approximate surface area is 150 Å². The number of halogens is 2. The zero-order chi connectivity index (χ0) is 17.1. The zero-order valence-electron chi connectivity index (χ0n) is 13.0. The van der Waals surface area contributed by atoms with Crippen molar-refractivity contribution in [2.45, 2.75) is 6.54 Å². The van der Waals surface area contributed by atoms with Crippen molar-refractivity contribution in [3.8, 4) is 0 Å². The predicted octanol–water partition coefficient (Wildman–Crippen LogP) is 4.22. The third-order valence-corrected chi connectivity index (χ3v) is 4.65. The molecule has 2 aromatic carbocycles. The number of piperazine rings is 1. The smallest absolute Gasteiger partial charge is 0.273 e. The Kier molecular flexibility index (Phi) is 5.23. The molecule has 1 saturated heterocycles. The number of nitro groups is 1. The van der Waals surface area contributed by atoms with Gasteiger partial charge in [0, 0.05) is 60.1 Å². The van der Waals surface area contributed by atoms with Crippen LogP contribution in [0.25, 0.3) is 0 Å². The fourth-order valence-corrected chi connectivity index (χ4v) is 3.32. The molecule has 0 unspecified atom stereocenters. The first-order valence-electron chi connectivity index (χ1n) is 7.68. The van der Waals surface area contributed by atoms with E-state index in [0.717, 1.165) is 36.9 Å². The Balaban J connectivity index is 1.66. The number of nitro benzene ring substituents is 1. The average Bonchev–Trinajstić information content (AvgIpc) is 2.55. The second-order valence-corrected chi connectivity index (χ2v) is 6.65. The van der Waals surface area contributed by atoms with E-state index in [1.54, 1.807) is 12.1 Å². The maximum atomic E-state index is 11.2.